The van der Waals surface area contributed by atoms with Crippen molar-refractivity contribution in [1.29, 1.82) is 0 Å². The van der Waals surface area contributed by atoms with Gasteiger partial charge in [-0.15, -0.1) is 0 Å². The number of hydrogen-bond donors (Lipinski definition) is 1. The van der Waals surface area contributed by atoms with Crippen LogP contribution in [0.25, 0.3) is 0 Å². The van der Waals surface area contributed by atoms with Crippen LogP contribution in [-0.4, -0.2) is 52.4 Å². The fourth-order valence-corrected chi connectivity index (χ4v) is 4.14. The van der Waals surface area contributed by atoms with Crippen molar-refractivity contribution in [3.63, 3.8) is 0 Å². The Kier molecular flexibility index (Phi) is 5.29. The number of hydrogen-bond acceptors (Lipinski definition) is 4. The molecule has 1 aromatic carbocycles. The summed E-state index contributed by atoms with van der Waals surface area (Å²) in [5.41, 5.74) is 2.43. The minimum atomic E-state index is -0.987. The zero-order chi connectivity index (χ0) is 20.4. The molecule has 1 unspecified atom stereocenters. The predicted molar refractivity (Wildman–Crippen MR) is 107 cm³/mol. The number of anilines is 1. The second-order valence-electron chi connectivity index (χ2n) is 7.70. The number of aromatic carboxylic acids is 1. The third-order valence-corrected chi connectivity index (χ3v) is 5.62. The molecule has 0 spiro atoms. The first-order valence-electron chi connectivity index (χ1n) is 9.88. The van der Waals surface area contributed by atoms with Crippen LogP contribution in [0, 0.1) is 5.92 Å². The molecule has 7 heteroatoms. The molecule has 3 heterocycles. The molecule has 2 aliphatic rings. The Hall–Kier alpha value is -3.22. The highest BCUT2D eigenvalue weighted by Crippen LogP contribution is 2.26. The Morgan fingerprint density at radius 1 is 1.14 bits per heavy atom. The van der Waals surface area contributed by atoms with Gasteiger partial charge in [0.1, 0.15) is 0 Å². The molecule has 0 bridgehead atoms. The SMILES string of the molecule is O=C(O)c1cncc(CC2CCN(C(=O)c3cccc(N4CCCC4=O)c3)C2)c1. The molecular formula is C22H23N3O4. The molecular weight excluding hydrogens is 370 g/mol. The van der Waals surface area contributed by atoms with Gasteiger partial charge >= 0.3 is 5.97 Å². The maximum Gasteiger partial charge on any atom is 0.337 e. The van der Waals surface area contributed by atoms with Gasteiger partial charge in [0.15, 0.2) is 0 Å². The van der Waals surface area contributed by atoms with Gasteiger partial charge in [-0.3, -0.25) is 14.6 Å². The summed E-state index contributed by atoms with van der Waals surface area (Å²) in [6.45, 7) is 2.00. The number of rotatable bonds is 5. The number of likely N-dealkylation sites (tertiary alicyclic amines) is 1. The molecule has 1 N–H and O–H groups in total. The van der Waals surface area contributed by atoms with Gasteiger partial charge in [0.05, 0.1) is 5.56 Å². The lowest BCUT2D eigenvalue weighted by atomic mass is 9.99. The first-order valence-corrected chi connectivity index (χ1v) is 9.88. The second-order valence-corrected chi connectivity index (χ2v) is 7.70. The highest BCUT2D eigenvalue weighted by Gasteiger charge is 2.28. The maximum atomic E-state index is 13.0. The fraction of sp³-hybridized carbons (Fsp3) is 0.364. The van der Waals surface area contributed by atoms with Gasteiger partial charge in [0.2, 0.25) is 5.91 Å². The molecule has 2 fully saturated rings. The normalized spacial score (nSPS) is 19.0. The summed E-state index contributed by atoms with van der Waals surface area (Å²) in [4.78, 5) is 43.7. The topological polar surface area (TPSA) is 90.8 Å². The highest BCUT2D eigenvalue weighted by molar-refractivity contribution is 5.99. The first kappa shape index (κ1) is 19.1. The van der Waals surface area contributed by atoms with Gasteiger partial charge in [0.25, 0.3) is 5.91 Å². The minimum Gasteiger partial charge on any atom is -0.478 e. The third-order valence-electron chi connectivity index (χ3n) is 5.62. The highest BCUT2D eigenvalue weighted by atomic mass is 16.4. The quantitative estimate of drug-likeness (QED) is 0.843. The molecule has 29 heavy (non-hydrogen) atoms. The maximum absolute atomic E-state index is 13.0. The number of carboxylic acids is 1. The summed E-state index contributed by atoms with van der Waals surface area (Å²) in [5, 5.41) is 9.11. The first-order chi connectivity index (χ1) is 14.0. The van der Waals surface area contributed by atoms with Crippen molar-refractivity contribution in [2.75, 3.05) is 24.5 Å². The van der Waals surface area contributed by atoms with Crippen molar-refractivity contribution in [2.45, 2.75) is 25.7 Å². The van der Waals surface area contributed by atoms with Crippen LogP contribution < -0.4 is 4.90 Å². The van der Waals surface area contributed by atoms with E-state index in [4.69, 9.17) is 5.11 Å². The molecule has 150 valence electrons. The van der Waals surface area contributed by atoms with Crippen LogP contribution >= 0.6 is 0 Å². The van der Waals surface area contributed by atoms with E-state index in [-0.39, 0.29) is 23.3 Å². The molecule has 0 saturated carbocycles. The largest absolute Gasteiger partial charge is 0.478 e. The Bertz CT molecular complexity index is 959. The van der Waals surface area contributed by atoms with E-state index < -0.39 is 5.97 Å². The van der Waals surface area contributed by atoms with E-state index in [1.54, 1.807) is 29.3 Å². The molecule has 4 rings (SSSR count). The van der Waals surface area contributed by atoms with Crippen LogP contribution in [-0.2, 0) is 11.2 Å². The average molecular weight is 393 g/mol. The lowest BCUT2D eigenvalue weighted by molar-refractivity contribution is -0.117. The lowest BCUT2D eigenvalue weighted by Crippen LogP contribution is -2.29. The summed E-state index contributed by atoms with van der Waals surface area (Å²) >= 11 is 0. The number of aromatic nitrogens is 1. The Balaban J connectivity index is 1.41. The van der Waals surface area contributed by atoms with Crippen LogP contribution in [0.5, 0.6) is 0 Å². The van der Waals surface area contributed by atoms with E-state index in [1.165, 1.54) is 6.20 Å². The van der Waals surface area contributed by atoms with E-state index in [0.717, 1.165) is 24.1 Å². The zero-order valence-corrected chi connectivity index (χ0v) is 16.1. The Morgan fingerprint density at radius 2 is 2.00 bits per heavy atom. The van der Waals surface area contributed by atoms with Gasteiger partial charge in [-0.05, 0) is 55.0 Å². The number of carboxylic acid groups (broad SMARTS) is 1. The predicted octanol–water partition coefficient (Wildman–Crippen LogP) is 2.61. The standard InChI is InChI=1S/C22H23N3O4/c26-20-5-2-7-25(20)19-4-1-3-17(11-19)21(27)24-8-6-15(14-24)9-16-10-18(22(28)29)13-23-12-16/h1,3-4,10-13,15H,2,5-9,14H2,(H,28,29). The van der Waals surface area contributed by atoms with E-state index in [2.05, 4.69) is 4.98 Å². The van der Waals surface area contributed by atoms with E-state index in [9.17, 15) is 14.4 Å². The molecule has 0 aliphatic carbocycles. The fourth-order valence-electron chi connectivity index (χ4n) is 4.14. The molecule has 2 saturated heterocycles. The van der Waals surface area contributed by atoms with Crippen molar-refractivity contribution in [3.8, 4) is 0 Å². The van der Waals surface area contributed by atoms with Crippen LogP contribution in [0.1, 0.15) is 45.5 Å². The van der Waals surface area contributed by atoms with Crippen molar-refractivity contribution >= 4 is 23.5 Å². The number of amides is 2. The number of pyridine rings is 1. The van der Waals surface area contributed by atoms with Crippen LogP contribution in [0.4, 0.5) is 5.69 Å². The Labute approximate surface area is 169 Å². The number of benzene rings is 1. The molecule has 2 amide bonds. The number of carbonyl (C=O) groups is 3. The molecule has 7 nitrogen and oxygen atoms in total. The Morgan fingerprint density at radius 3 is 2.76 bits per heavy atom. The van der Waals surface area contributed by atoms with Gasteiger partial charge in [-0.1, -0.05) is 6.07 Å². The minimum absolute atomic E-state index is 0.0293. The third kappa shape index (κ3) is 4.13. The summed E-state index contributed by atoms with van der Waals surface area (Å²) in [6.07, 6.45) is 6.00. The molecule has 2 aromatic rings. The molecule has 2 aliphatic heterocycles. The summed E-state index contributed by atoms with van der Waals surface area (Å²) < 4.78 is 0. The van der Waals surface area contributed by atoms with Gasteiger partial charge in [-0.25, -0.2) is 4.79 Å². The van der Waals surface area contributed by atoms with Crippen LogP contribution in [0.2, 0.25) is 0 Å². The van der Waals surface area contributed by atoms with Crippen LogP contribution in [0.15, 0.2) is 42.7 Å². The summed E-state index contributed by atoms with van der Waals surface area (Å²) in [5.74, 6) is -0.640. The van der Waals surface area contributed by atoms with Crippen LogP contribution in [0.3, 0.4) is 0 Å². The van der Waals surface area contributed by atoms with Crippen molar-refractivity contribution in [1.82, 2.24) is 9.88 Å². The molecule has 1 atom stereocenters. The van der Waals surface area contributed by atoms with Crippen molar-refractivity contribution in [2.24, 2.45) is 5.92 Å². The number of carbonyl (C=O) groups excluding carboxylic acids is 2. The second kappa shape index (κ2) is 8.03. The van der Waals surface area contributed by atoms with Crippen molar-refractivity contribution in [3.05, 3.63) is 59.4 Å². The molecule has 0 radical (unpaired) electrons. The smallest absolute Gasteiger partial charge is 0.337 e. The van der Waals surface area contributed by atoms with E-state index in [0.29, 0.717) is 38.0 Å². The monoisotopic (exact) mass is 393 g/mol. The summed E-state index contributed by atoms with van der Waals surface area (Å²) in [6, 6.07) is 8.94. The zero-order valence-electron chi connectivity index (χ0n) is 16.1. The van der Waals surface area contributed by atoms with Gasteiger partial charge < -0.3 is 14.9 Å². The van der Waals surface area contributed by atoms with E-state index >= 15 is 0 Å². The number of nitrogens with zero attached hydrogens (tertiary/aromatic N) is 3. The van der Waals surface area contributed by atoms with E-state index in [1.807, 2.05) is 17.0 Å². The van der Waals surface area contributed by atoms with Crippen molar-refractivity contribution < 1.29 is 19.5 Å². The molecule has 1 aromatic heterocycles. The lowest BCUT2D eigenvalue weighted by Gasteiger charge is -2.19. The summed E-state index contributed by atoms with van der Waals surface area (Å²) in [7, 11) is 0. The van der Waals surface area contributed by atoms with Gasteiger partial charge in [-0.2, -0.15) is 0 Å². The average Bonchev–Trinajstić information content (AvgIpc) is 3.37. The van der Waals surface area contributed by atoms with Gasteiger partial charge in [0, 0.05) is 49.7 Å².